The highest BCUT2D eigenvalue weighted by Gasteiger charge is 2.21. The molecule has 0 aromatic heterocycles. The summed E-state index contributed by atoms with van der Waals surface area (Å²) in [4.78, 5) is 0. The van der Waals surface area contributed by atoms with Gasteiger partial charge in [-0.3, -0.25) is 0 Å². The molecule has 1 N–H and O–H groups in total. The molecule has 0 aliphatic heterocycles. The largest absolute Gasteiger partial charge is 0.317 e. The summed E-state index contributed by atoms with van der Waals surface area (Å²) in [5.41, 5.74) is 0. The summed E-state index contributed by atoms with van der Waals surface area (Å²) in [5.74, 6) is 2.05. The minimum Gasteiger partial charge on any atom is -0.317 e. The van der Waals surface area contributed by atoms with Crippen LogP contribution in [0.25, 0.3) is 0 Å². The molecule has 0 amide bonds. The van der Waals surface area contributed by atoms with E-state index in [1.165, 1.54) is 83.5 Å². The van der Waals surface area contributed by atoms with Crippen molar-refractivity contribution in [1.29, 1.82) is 0 Å². The number of hydrogen-bond donors (Lipinski definition) is 1. The molecule has 2 saturated carbocycles. The minimum atomic E-state index is 0.802. The van der Waals surface area contributed by atoms with Crippen LogP contribution >= 0.6 is 0 Å². The van der Waals surface area contributed by atoms with Gasteiger partial charge in [0.2, 0.25) is 0 Å². The molecule has 0 spiro atoms. The van der Waals surface area contributed by atoms with Crippen molar-refractivity contribution in [3.63, 3.8) is 0 Å². The fraction of sp³-hybridized carbons (Fsp3) is 1.00. The van der Waals surface area contributed by atoms with Gasteiger partial charge in [0.1, 0.15) is 0 Å². The van der Waals surface area contributed by atoms with E-state index in [2.05, 4.69) is 12.4 Å². The Kier molecular flexibility index (Phi) is 6.54. The number of rotatable bonds is 5. The molecule has 0 aromatic rings. The predicted octanol–water partition coefficient (Wildman–Crippen LogP) is 4.91. The SMILES string of the molecule is CNC(CC1CCCCCC1)CC1CCCCC1. The second-order valence-corrected chi connectivity index (χ2v) is 6.82. The minimum absolute atomic E-state index is 0.802. The van der Waals surface area contributed by atoms with Crippen LogP contribution in [-0.4, -0.2) is 13.1 Å². The van der Waals surface area contributed by atoms with Crippen molar-refractivity contribution in [3.8, 4) is 0 Å². The maximum Gasteiger partial charge on any atom is 0.00693 e. The lowest BCUT2D eigenvalue weighted by molar-refractivity contribution is 0.270. The highest BCUT2D eigenvalue weighted by Crippen LogP contribution is 2.31. The molecule has 1 nitrogen and oxygen atoms in total. The molecule has 2 fully saturated rings. The maximum absolute atomic E-state index is 3.62. The third-order valence-electron chi connectivity index (χ3n) is 5.34. The monoisotopic (exact) mass is 251 g/mol. The first kappa shape index (κ1) is 14.4. The third-order valence-corrected chi connectivity index (χ3v) is 5.34. The van der Waals surface area contributed by atoms with Crippen molar-refractivity contribution in [2.24, 2.45) is 11.8 Å². The van der Waals surface area contributed by atoms with Crippen LogP contribution in [0.15, 0.2) is 0 Å². The summed E-state index contributed by atoms with van der Waals surface area (Å²) < 4.78 is 0. The molecule has 1 heteroatoms. The topological polar surface area (TPSA) is 12.0 Å². The zero-order valence-electron chi connectivity index (χ0n) is 12.4. The zero-order valence-corrected chi connectivity index (χ0v) is 12.4. The summed E-state index contributed by atoms with van der Waals surface area (Å²) in [6.45, 7) is 0. The summed E-state index contributed by atoms with van der Waals surface area (Å²) in [7, 11) is 2.18. The normalized spacial score (nSPS) is 25.8. The van der Waals surface area contributed by atoms with Crippen LogP contribution in [0, 0.1) is 11.8 Å². The summed E-state index contributed by atoms with van der Waals surface area (Å²) >= 11 is 0. The second kappa shape index (κ2) is 8.19. The molecule has 1 unspecified atom stereocenters. The zero-order chi connectivity index (χ0) is 12.6. The molecule has 0 bridgehead atoms. The predicted molar refractivity (Wildman–Crippen MR) is 79.8 cm³/mol. The lowest BCUT2D eigenvalue weighted by Crippen LogP contribution is -2.30. The van der Waals surface area contributed by atoms with E-state index < -0.39 is 0 Å². The van der Waals surface area contributed by atoms with Crippen LogP contribution in [0.2, 0.25) is 0 Å². The summed E-state index contributed by atoms with van der Waals surface area (Å²) in [5, 5.41) is 3.62. The van der Waals surface area contributed by atoms with Crippen molar-refractivity contribution < 1.29 is 0 Å². The molecule has 2 rings (SSSR count). The molecule has 0 radical (unpaired) electrons. The average Bonchev–Trinajstić information content (AvgIpc) is 2.68. The number of nitrogens with one attached hydrogen (secondary N) is 1. The first-order valence-corrected chi connectivity index (χ1v) is 8.55. The van der Waals surface area contributed by atoms with E-state index in [0.29, 0.717) is 0 Å². The van der Waals surface area contributed by atoms with Crippen molar-refractivity contribution >= 4 is 0 Å². The van der Waals surface area contributed by atoms with Gasteiger partial charge in [-0.25, -0.2) is 0 Å². The van der Waals surface area contributed by atoms with Crippen LogP contribution in [0.1, 0.15) is 83.5 Å². The van der Waals surface area contributed by atoms with Crippen molar-refractivity contribution in [3.05, 3.63) is 0 Å². The first-order valence-electron chi connectivity index (χ1n) is 8.55. The molecule has 1 atom stereocenters. The van der Waals surface area contributed by atoms with Gasteiger partial charge in [0.15, 0.2) is 0 Å². The molecule has 2 aliphatic rings. The Balaban J connectivity index is 1.72. The van der Waals surface area contributed by atoms with E-state index in [1.807, 2.05) is 0 Å². The van der Waals surface area contributed by atoms with Gasteiger partial charge >= 0.3 is 0 Å². The summed E-state index contributed by atoms with van der Waals surface area (Å²) in [6, 6.07) is 0.802. The fourth-order valence-corrected chi connectivity index (χ4v) is 4.16. The van der Waals surface area contributed by atoms with Crippen molar-refractivity contribution in [2.75, 3.05) is 7.05 Å². The molecule has 106 valence electrons. The highest BCUT2D eigenvalue weighted by atomic mass is 14.9. The van der Waals surface area contributed by atoms with Crippen LogP contribution in [0.4, 0.5) is 0 Å². The molecular formula is C17H33N. The molecule has 18 heavy (non-hydrogen) atoms. The molecule has 0 heterocycles. The Labute approximate surface area is 114 Å². The van der Waals surface area contributed by atoms with E-state index in [0.717, 1.165) is 17.9 Å². The number of hydrogen-bond acceptors (Lipinski definition) is 1. The second-order valence-electron chi connectivity index (χ2n) is 6.82. The van der Waals surface area contributed by atoms with Gasteiger partial charge in [0, 0.05) is 6.04 Å². The van der Waals surface area contributed by atoms with Gasteiger partial charge < -0.3 is 5.32 Å². The Morgan fingerprint density at radius 3 is 1.50 bits per heavy atom. The Morgan fingerprint density at radius 1 is 0.722 bits per heavy atom. The van der Waals surface area contributed by atoms with Gasteiger partial charge in [-0.1, -0.05) is 70.6 Å². The van der Waals surface area contributed by atoms with Crippen molar-refractivity contribution in [2.45, 2.75) is 89.5 Å². The lowest BCUT2D eigenvalue weighted by atomic mass is 9.82. The van der Waals surface area contributed by atoms with Gasteiger partial charge in [-0.2, -0.15) is 0 Å². The van der Waals surface area contributed by atoms with Crippen LogP contribution < -0.4 is 5.32 Å². The molecule has 2 aliphatic carbocycles. The van der Waals surface area contributed by atoms with E-state index in [9.17, 15) is 0 Å². The molecule has 0 saturated heterocycles. The quantitative estimate of drug-likeness (QED) is 0.685. The highest BCUT2D eigenvalue weighted by molar-refractivity contribution is 4.77. The van der Waals surface area contributed by atoms with Gasteiger partial charge in [0.05, 0.1) is 0 Å². The Hall–Kier alpha value is -0.0400. The Morgan fingerprint density at radius 2 is 1.11 bits per heavy atom. The van der Waals surface area contributed by atoms with Gasteiger partial charge in [0.25, 0.3) is 0 Å². The van der Waals surface area contributed by atoms with Gasteiger partial charge in [-0.05, 0) is 31.7 Å². The molecule has 0 aromatic carbocycles. The summed E-state index contributed by atoms with van der Waals surface area (Å²) in [6.07, 6.45) is 19.3. The molecular weight excluding hydrogens is 218 g/mol. The third kappa shape index (κ3) is 4.91. The maximum atomic E-state index is 3.62. The first-order chi connectivity index (χ1) is 8.88. The van der Waals surface area contributed by atoms with E-state index in [-0.39, 0.29) is 0 Å². The van der Waals surface area contributed by atoms with E-state index in [4.69, 9.17) is 0 Å². The van der Waals surface area contributed by atoms with E-state index >= 15 is 0 Å². The standard InChI is InChI=1S/C17H33N/c1-18-17(14-16-11-7-4-8-12-16)13-15-9-5-2-3-6-10-15/h15-18H,2-14H2,1H3. The van der Waals surface area contributed by atoms with Crippen LogP contribution in [0.3, 0.4) is 0 Å². The van der Waals surface area contributed by atoms with E-state index in [1.54, 1.807) is 0 Å². The fourth-order valence-electron chi connectivity index (χ4n) is 4.16. The lowest BCUT2D eigenvalue weighted by Gasteiger charge is -2.28. The van der Waals surface area contributed by atoms with Crippen molar-refractivity contribution in [1.82, 2.24) is 5.32 Å². The smallest absolute Gasteiger partial charge is 0.00693 e. The average molecular weight is 251 g/mol. The van der Waals surface area contributed by atoms with Gasteiger partial charge in [-0.15, -0.1) is 0 Å². The van der Waals surface area contributed by atoms with Crippen LogP contribution in [-0.2, 0) is 0 Å². The Bertz CT molecular complexity index is 200. The van der Waals surface area contributed by atoms with Crippen LogP contribution in [0.5, 0.6) is 0 Å².